The SMILES string of the molecule is Cc1cc(CC(=O)O)n(C)n1. The molecule has 0 aromatic carbocycles. The zero-order valence-corrected chi connectivity index (χ0v) is 6.53. The third kappa shape index (κ3) is 1.80. The van der Waals surface area contributed by atoms with E-state index in [2.05, 4.69) is 5.10 Å². The molecule has 0 aliphatic heterocycles. The van der Waals surface area contributed by atoms with E-state index in [4.69, 9.17) is 5.11 Å². The average molecular weight is 154 g/mol. The zero-order chi connectivity index (χ0) is 8.43. The van der Waals surface area contributed by atoms with Crippen LogP contribution in [0.1, 0.15) is 11.4 Å². The first-order valence-corrected chi connectivity index (χ1v) is 3.31. The Morgan fingerprint density at radius 1 is 1.82 bits per heavy atom. The lowest BCUT2D eigenvalue weighted by atomic mass is 10.3. The van der Waals surface area contributed by atoms with Crippen molar-refractivity contribution in [1.29, 1.82) is 0 Å². The van der Waals surface area contributed by atoms with Gasteiger partial charge >= 0.3 is 5.97 Å². The summed E-state index contributed by atoms with van der Waals surface area (Å²) in [6.45, 7) is 1.84. The molecule has 1 rings (SSSR count). The minimum atomic E-state index is -0.826. The first kappa shape index (κ1) is 7.78. The van der Waals surface area contributed by atoms with Crippen LogP contribution in [0.3, 0.4) is 0 Å². The molecule has 1 aromatic heterocycles. The largest absolute Gasteiger partial charge is 0.481 e. The second kappa shape index (κ2) is 2.74. The Kier molecular flexibility index (Phi) is 1.94. The maximum absolute atomic E-state index is 10.3. The van der Waals surface area contributed by atoms with Gasteiger partial charge in [0.15, 0.2) is 0 Å². The zero-order valence-electron chi connectivity index (χ0n) is 6.53. The van der Waals surface area contributed by atoms with Gasteiger partial charge in [-0.3, -0.25) is 9.48 Å². The van der Waals surface area contributed by atoms with Gasteiger partial charge in [0.1, 0.15) is 0 Å². The monoisotopic (exact) mass is 154 g/mol. The smallest absolute Gasteiger partial charge is 0.309 e. The van der Waals surface area contributed by atoms with Gasteiger partial charge in [0.05, 0.1) is 12.1 Å². The summed E-state index contributed by atoms with van der Waals surface area (Å²) in [5.74, 6) is -0.826. The Hall–Kier alpha value is -1.32. The van der Waals surface area contributed by atoms with E-state index >= 15 is 0 Å². The summed E-state index contributed by atoms with van der Waals surface area (Å²) in [5.41, 5.74) is 1.58. The van der Waals surface area contributed by atoms with Crippen molar-refractivity contribution in [1.82, 2.24) is 9.78 Å². The van der Waals surface area contributed by atoms with Crippen LogP contribution in [0.25, 0.3) is 0 Å². The highest BCUT2D eigenvalue weighted by atomic mass is 16.4. The molecule has 0 fully saturated rings. The Morgan fingerprint density at radius 2 is 2.45 bits per heavy atom. The summed E-state index contributed by atoms with van der Waals surface area (Å²) in [5, 5.41) is 12.5. The molecule has 0 saturated carbocycles. The van der Waals surface area contributed by atoms with Crippen molar-refractivity contribution in [3.8, 4) is 0 Å². The van der Waals surface area contributed by atoms with Crippen molar-refractivity contribution in [3.05, 3.63) is 17.5 Å². The lowest BCUT2D eigenvalue weighted by Gasteiger charge is -1.94. The van der Waals surface area contributed by atoms with Crippen molar-refractivity contribution >= 4 is 5.97 Å². The van der Waals surface area contributed by atoms with Gasteiger partial charge in [-0.1, -0.05) is 0 Å². The van der Waals surface area contributed by atoms with E-state index in [1.807, 2.05) is 6.92 Å². The van der Waals surface area contributed by atoms with Crippen LogP contribution in [0, 0.1) is 6.92 Å². The Bertz CT molecular complexity index is 278. The van der Waals surface area contributed by atoms with E-state index < -0.39 is 5.97 Å². The molecule has 60 valence electrons. The number of nitrogens with zero attached hydrogens (tertiary/aromatic N) is 2. The molecule has 0 radical (unpaired) electrons. The first-order valence-electron chi connectivity index (χ1n) is 3.31. The molecule has 1 aromatic rings. The number of carboxylic acids is 1. The van der Waals surface area contributed by atoms with Gasteiger partial charge in [-0.05, 0) is 13.0 Å². The number of aliphatic carboxylic acids is 1. The molecule has 0 aliphatic carbocycles. The molecule has 1 N–H and O–H groups in total. The predicted molar refractivity (Wildman–Crippen MR) is 39.3 cm³/mol. The first-order chi connectivity index (χ1) is 5.09. The summed E-state index contributed by atoms with van der Waals surface area (Å²) in [4.78, 5) is 10.3. The van der Waals surface area contributed by atoms with Crippen LogP contribution >= 0.6 is 0 Å². The molecular formula is C7H10N2O2. The van der Waals surface area contributed by atoms with Crippen LogP contribution in [-0.4, -0.2) is 20.9 Å². The standard InChI is InChI=1S/C7H10N2O2/c1-5-3-6(4-7(10)11)9(2)8-5/h3H,4H2,1-2H3,(H,10,11). The Balaban J connectivity index is 2.85. The molecule has 0 unspecified atom stereocenters. The van der Waals surface area contributed by atoms with Crippen LogP contribution in [-0.2, 0) is 18.3 Å². The number of aryl methyl sites for hydroxylation is 2. The molecule has 4 heteroatoms. The lowest BCUT2D eigenvalue weighted by Crippen LogP contribution is -2.05. The molecule has 4 nitrogen and oxygen atoms in total. The minimum Gasteiger partial charge on any atom is -0.481 e. The molecule has 1 heterocycles. The third-order valence-corrected chi connectivity index (χ3v) is 1.43. The number of aromatic nitrogens is 2. The van der Waals surface area contributed by atoms with Crippen molar-refractivity contribution < 1.29 is 9.90 Å². The number of rotatable bonds is 2. The Labute approximate surface area is 64.5 Å². The fourth-order valence-corrected chi connectivity index (χ4v) is 0.985. The molecule has 0 amide bonds. The summed E-state index contributed by atoms with van der Waals surface area (Å²) in [7, 11) is 1.74. The fraction of sp³-hybridized carbons (Fsp3) is 0.429. The molecule has 0 atom stereocenters. The maximum atomic E-state index is 10.3. The highest BCUT2D eigenvalue weighted by Gasteiger charge is 2.05. The van der Waals surface area contributed by atoms with Crippen LogP contribution in [0.2, 0.25) is 0 Å². The summed E-state index contributed by atoms with van der Waals surface area (Å²) >= 11 is 0. The van der Waals surface area contributed by atoms with Crippen LogP contribution in [0.5, 0.6) is 0 Å². The summed E-state index contributed by atoms with van der Waals surface area (Å²) in [6, 6.07) is 1.77. The second-order valence-electron chi connectivity index (χ2n) is 2.47. The van der Waals surface area contributed by atoms with E-state index in [0.717, 1.165) is 11.4 Å². The van der Waals surface area contributed by atoms with E-state index in [9.17, 15) is 4.79 Å². The maximum Gasteiger partial charge on any atom is 0.309 e. The van der Waals surface area contributed by atoms with Crippen molar-refractivity contribution in [2.24, 2.45) is 7.05 Å². The third-order valence-electron chi connectivity index (χ3n) is 1.43. The van der Waals surface area contributed by atoms with E-state index in [0.29, 0.717) is 0 Å². The second-order valence-corrected chi connectivity index (χ2v) is 2.47. The predicted octanol–water partition coefficient (Wildman–Crippen LogP) is 0.356. The van der Waals surface area contributed by atoms with Gasteiger partial charge in [-0.25, -0.2) is 0 Å². The van der Waals surface area contributed by atoms with Crippen LogP contribution in [0.4, 0.5) is 0 Å². The number of hydrogen-bond donors (Lipinski definition) is 1. The topological polar surface area (TPSA) is 55.1 Å². The van der Waals surface area contributed by atoms with Gasteiger partial charge in [-0.2, -0.15) is 5.10 Å². The highest BCUT2D eigenvalue weighted by molar-refractivity contribution is 5.69. The molecule has 0 saturated heterocycles. The molecule has 0 bridgehead atoms. The number of carboxylic acid groups (broad SMARTS) is 1. The molecule has 0 spiro atoms. The van der Waals surface area contributed by atoms with Gasteiger partial charge in [0.2, 0.25) is 0 Å². The average Bonchev–Trinajstić information content (AvgIpc) is 2.09. The summed E-state index contributed by atoms with van der Waals surface area (Å²) < 4.78 is 1.59. The van der Waals surface area contributed by atoms with E-state index in [-0.39, 0.29) is 6.42 Å². The molecular weight excluding hydrogens is 144 g/mol. The van der Waals surface area contributed by atoms with Crippen molar-refractivity contribution in [2.45, 2.75) is 13.3 Å². The van der Waals surface area contributed by atoms with Crippen LogP contribution in [0.15, 0.2) is 6.07 Å². The summed E-state index contributed by atoms with van der Waals surface area (Å²) in [6.07, 6.45) is 0.0390. The van der Waals surface area contributed by atoms with Crippen molar-refractivity contribution in [3.63, 3.8) is 0 Å². The van der Waals surface area contributed by atoms with Gasteiger partial charge in [0, 0.05) is 12.7 Å². The quantitative estimate of drug-likeness (QED) is 0.669. The van der Waals surface area contributed by atoms with Gasteiger partial charge < -0.3 is 5.11 Å². The number of hydrogen-bond acceptors (Lipinski definition) is 2. The van der Waals surface area contributed by atoms with Gasteiger partial charge in [0.25, 0.3) is 0 Å². The van der Waals surface area contributed by atoms with E-state index in [1.165, 1.54) is 0 Å². The van der Waals surface area contributed by atoms with E-state index in [1.54, 1.807) is 17.8 Å². The van der Waals surface area contributed by atoms with Crippen molar-refractivity contribution in [2.75, 3.05) is 0 Å². The fourth-order valence-electron chi connectivity index (χ4n) is 0.985. The van der Waals surface area contributed by atoms with Crippen LogP contribution < -0.4 is 0 Å². The molecule has 0 aliphatic rings. The minimum absolute atomic E-state index is 0.0390. The highest BCUT2D eigenvalue weighted by Crippen LogP contribution is 2.01. The normalized spacial score (nSPS) is 10.0. The lowest BCUT2D eigenvalue weighted by molar-refractivity contribution is -0.136. The van der Waals surface area contributed by atoms with Gasteiger partial charge in [-0.15, -0.1) is 0 Å². The molecule has 11 heavy (non-hydrogen) atoms. The Morgan fingerprint density at radius 3 is 2.82 bits per heavy atom. The number of carbonyl (C=O) groups is 1.